The summed E-state index contributed by atoms with van der Waals surface area (Å²) in [5, 5.41) is 0. The minimum Gasteiger partial charge on any atom is -0.383 e. The van der Waals surface area contributed by atoms with Gasteiger partial charge in [0.2, 0.25) is 5.95 Å². The van der Waals surface area contributed by atoms with Gasteiger partial charge >= 0.3 is 6.18 Å². The van der Waals surface area contributed by atoms with Crippen molar-refractivity contribution in [3.05, 3.63) is 23.9 Å². The third-order valence-corrected chi connectivity index (χ3v) is 6.41. The Labute approximate surface area is 182 Å². The number of hydrogen-bond acceptors (Lipinski definition) is 7. The zero-order valence-electron chi connectivity index (χ0n) is 17.6. The second-order valence-corrected chi connectivity index (χ2v) is 8.99. The fourth-order valence-electron chi connectivity index (χ4n) is 4.63. The van der Waals surface area contributed by atoms with Gasteiger partial charge in [0.05, 0.1) is 36.6 Å². The van der Waals surface area contributed by atoms with Crippen LogP contribution in [0.1, 0.15) is 31.7 Å². The van der Waals surface area contributed by atoms with Crippen LogP contribution in [-0.4, -0.2) is 59.0 Å². The van der Waals surface area contributed by atoms with Crippen LogP contribution < -0.4 is 15.5 Å². The third-order valence-electron chi connectivity index (χ3n) is 6.41. The van der Waals surface area contributed by atoms with Crippen LogP contribution in [0.2, 0.25) is 0 Å². The summed E-state index contributed by atoms with van der Waals surface area (Å²) in [7, 11) is 0. The average Bonchev–Trinajstić information content (AvgIpc) is 3.13. The molecule has 2 bridgehead atoms. The van der Waals surface area contributed by atoms with Crippen molar-refractivity contribution in [3.63, 3.8) is 0 Å². The molecule has 0 amide bonds. The molecule has 11 heteroatoms. The Kier molecular flexibility index (Phi) is 4.92. The van der Waals surface area contributed by atoms with Crippen molar-refractivity contribution >= 4 is 17.6 Å². The zero-order valence-corrected chi connectivity index (χ0v) is 17.6. The Balaban J connectivity index is 1.59. The fourth-order valence-corrected chi connectivity index (χ4v) is 4.63. The lowest BCUT2D eigenvalue weighted by atomic mass is 9.97. The molecule has 4 aliphatic rings. The molecule has 0 unspecified atom stereocenters. The topological polar surface area (TPSA) is 80.4 Å². The van der Waals surface area contributed by atoms with E-state index in [1.54, 1.807) is 11.0 Å². The Morgan fingerprint density at radius 1 is 1.22 bits per heavy atom. The SMILES string of the molecule is C[C@]1(F)CCN(c2nc(-c3cnc(N)c(C(F)(F)F)c3)cc(N3C[C@@H]4CC[C@H]3CO4)n2)C1. The molecule has 4 aliphatic heterocycles. The van der Waals surface area contributed by atoms with E-state index in [0.717, 1.165) is 18.9 Å². The van der Waals surface area contributed by atoms with Crippen molar-refractivity contribution in [2.45, 2.75) is 50.2 Å². The number of nitrogen functional groups attached to an aromatic ring is 1. The lowest BCUT2D eigenvalue weighted by molar-refractivity contribution is -0.137. The van der Waals surface area contributed by atoms with Crippen molar-refractivity contribution in [1.82, 2.24) is 15.0 Å². The number of fused-ring (bicyclic) bond motifs is 3. The van der Waals surface area contributed by atoms with Crippen molar-refractivity contribution in [2.75, 3.05) is 41.8 Å². The quantitative estimate of drug-likeness (QED) is 0.715. The summed E-state index contributed by atoms with van der Waals surface area (Å²) in [5.41, 5.74) is 3.55. The smallest absolute Gasteiger partial charge is 0.383 e. The van der Waals surface area contributed by atoms with Gasteiger partial charge in [0, 0.05) is 37.3 Å². The highest BCUT2D eigenvalue weighted by molar-refractivity contribution is 5.67. The van der Waals surface area contributed by atoms with E-state index >= 15 is 0 Å². The standard InChI is InChI=1S/C21H24F4N6O/c1-20(22)4-5-30(11-20)19-28-16(12-6-15(21(23,24)25)18(26)27-8-12)7-17(29-19)31-9-14-3-2-13(31)10-32-14/h6-8,13-14H,2-5,9-11H2,1H3,(H2,26,27)/t13-,14-,20-/m0/s1. The molecule has 32 heavy (non-hydrogen) atoms. The van der Waals surface area contributed by atoms with E-state index in [-0.39, 0.29) is 29.9 Å². The van der Waals surface area contributed by atoms with Crippen LogP contribution in [0.4, 0.5) is 35.1 Å². The predicted molar refractivity (Wildman–Crippen MR) is 111 cm³/mol. The Hall–Kier alpha value is -2.69. The van der Waals surface area contributed by atoms with E-state index in [1.165, 1.54) is 13.1 Å². The first-order valence-electron chi connectivity index (χ1n) is 10.6. The van der Waals surface area contributed by atoms with E-state index in [2.05, 4.69) is 19.9 Å². The van der Waals surface area contributed by atoms with E-state index in [9.17, 15) is 17.6 Å². The molecule has 6 heterocycles. The molecule has 3 atom stereocenters. The molecule has 0 saturated carbocycles. The van der Waals surface area contributed by atoms with Gasteiger partial charge in [-0.25, -0.2) is 14.4 Å². The summed E-state index contributed by atoms with van der Waals surface area (Å²) in [6, 6.07) is 2.76. The van der Waals surface area contributed by atoms with E-state index in [4.69, 9.17) is 10.5 Å². The second-order valence-electron chi connectivity index (χ2n) is 8.99. The molecule has 0 aromatic carbocycles. The van der Waals surface area contributed by atoms with E-state index < -0.39 is 23.2 Å². The highest BCUT2D eigenvalue weighted by atomic mass is 19.4. The maximum absolute atomic E-state index is 14.5. The average molecular weight is 452 g/mol. The van der Waals surface area contributed by atoms with E-state index in [0.29, 0.717) is 37.9 Å². The number of piperidine rings is 1. The van der Waals surface area contributed by atoms with Crippen molar-refractivity contribution < 1.29 is 22.3 Å². The van der Waals surface area contributed by atoms with Crippen LogP contribution in [-0.2, 0) is 10.9 Å². The van der Waals surface area contributed by atoms with Gasteiger partial charge in [-0.2, -0.15) is 18.2 Å². The number of nitrogens with zero attached hydrogens (tertiary/aromatic N) is 5. The molecule has 172 valence electrons. The molecule has 0 aliphatic carbocycles. The fraction of sp³-hybridized carbons (Fsp3) is 0.571. The molecule has 0 spiro atoms. The lowest BCUT2D eigenvalue weighted by Crippen LogP contribution is -2.55. The molecule has 4 saturated heterocycles. The predicted octanol–water partition coefficient (Wildman–Crippen LogP) is 3.45. The summed E-state index contributed by atoms with van der Waals surface area (Å²) in [6.07, 6.45) is -1.02. The first-order valence-corrected chi connectivity index (χ1v) is 10.6. The highest BCUT2D eigenvalue weighted by Crippen LogP contribution is 2.37. The number of nitrogens with two attached hydrogens (primary N) is 1. The van der Waals surface area contributed by atoms with Gasteiger partial charge in [-0.1, -0.05) is 0 Å². The van der Waals surface area contributed by atoms with Gasteiger partial charge in [-0.05, 0) is 25.8 Å². The summed E-state index contributed by atoms with van der Waals surface area (Å²) in [6.45, 7) is 3.30. The molecular weight excluding hydrogens is 428 g/mol. The number of alkyl halides is 4. The van der Waals surface area contributed by atoms with Crippen LogP contribution in [0.5, 0.6) is 0 Å². The molecule has 7 nitrogen and oxygen atoms in total. The van der Waals surface area contributed by atoms with Gasteiger partial charge in [0.1, 0.15) is 17.3 Å². The second kappa shape index (κ2) is 7.43. The van der Waals surface area contributed by atoms with Crippen molar-refractivity contribution in [2.24, 2.45) is 0 Å². The number of halogens is 4. The van der Waals surface area contributed by atoms with Gasteiger partial charge in [-0.3, -0.25) is 0 Å². The van der Waals surface area contributed by atoms with Crippen LogP contribution in [0.25, 0.3) is 11.3 Å². The summed E-state index contributed by atoms with van der Waals surface area (Å²) in [4.78, 5) is 16.8. The Morgan fingerprint density at radius 3 is 2.62 bits per heavy atom. The number of hydrogen-bond donors (Lipinski definition) is 1. The van der Waals surface area contributed by atoms with Crippen molar-refractivity contribution in [1.29, 1.82) is 0 Å². The third kappa shape index (κ3) is 3.94. The molecule has 4 fully saturated rings. The number of morpholine rings is 1. The monoisotopic (exact) mass is 452 g/mol. The molecule has 2 aromatic heterocycles. The molecule has 2 aromatic rings. The normalized spacial score (nSPS) is 27.9. The van der Waals surface area contributed by atoms with Gasteiger partial charge in [-0.15, -0.1) is 0 Å². The Morgan fingerprint density at radius 2 is 2.03 bits per heavy atom. The number of aromatic nitrogens is 3. The maximum atomic E-state index is 14.5. The number of rotatable bonds is 3. The van der Waals surface area contributed by atoms with Gasteiger partial charge < -0.3 is 20.3 Å². The number of anilines is 3. The summed E-state index contributed by atoms with van der Waals surface area (Å²) < 4.78 is 60.5. The van der Waals surface area contributed by atoms with Crippen LogP contribution >= 0.6 is 0 Å². The largest absolute Gasteiger partial charge is 0.419 e. The maximum Gasteiger partial charge on any atom is 0.419 e. The molecular formula is C21H24F4N6O. The molecule has 0 radical (unpaired) electrons. The Bertz CT molecular complexity index is 1020. The molecule has 6 rings (SSSR count). The van der Waals surface area contributed by atoms with Crippen LogP contribution in [0, 0.1) is 0 Å². The number of ether oxygens (including phenoxy) is 1. The summed E-state index contributed by atoms with van der Waals surface area (Å²) in [5.74, 6) is 0.307. The van der Waals surface area contributed by atoms with E-state index in [1.807, 2.05) is 0 Å². The zero-order chi connectivity index (χ0) is 22.7. The van der Waals surface area contributed by atoms with Gasteiger partial charge in [0.15, 0.2) is 0 Å². The first kappa shape index (κ1) is 21.2. The lowest BCUT2D eigenvalue weighted by Gasteiger charge is -2.45. The van der Waals surface area contributed by atoms with Crippen molar-refractivity contribution in [3.8, 4) is 11.3 Å². The minimum absolute atomic E-state index is 0.0952. The summed E-state index contributed by atoms with van der Waals surface area (Å²) >= 11 is 0. The highest BCUT2D eigenvalue weighted by Gasteiger charge is 2.38. The van der Waals surface area contributed by atoms with Crippen LogP contribution in [0.3, 0.4) is 0 Å². The number of pyridine rings is 1. The van der Waals surface area contributed by atoms with Gasteiger partial charge in [0.25, 0.3) is 0 Å². The minimum atomic E-state index is -4.64. The first-order chi connectivity index (χ1) is 15.1. The molecule has 2 N–H and O–H groups in total. The van der Waals surface area contributed by atoms with Crippen LogP contribution in [0.15, 0.2) is 18.3 Å².